The van der Waals surface area contributed by atoms with Crippen molar-refractivity contribution in [2.45, 2.75) is 6.42 Å². The van der Waals surface area contributed by atoms with Crippen molar-refractivity contribution in [3.05, 3.63) is 65.7 Å². The molecule has 0 heterocycles. The summed E-state index contributed by atoms with van der Waals surface area (Å²) in [5.74, 6) is 0. The third-order valence-electron chi connectivity index (χ3n) is 2.69. The van der Waals surface area contributed by atoms with E-state index in [-0.39, 0.29) is 5.71 Å². The Kier molecular flexibility index (Phi) is 4.48. The molecule has 4 heteroatoms. The molecule has 0 spiro atoms. The number of rotatable bonds is 4. The summed E-state index contributed by atoms with van der Waals surface area (Å²) in [4.78, 5) is 0. The van der Waals surface area contributed by atoms with Crippen LogP contribution >= 0.6 is 0 Å². The topological polar surface area (TPSA) is 72.0 Å². The molecule has 2 aromatic carbocycles. The Morgan fingerprint density at radius 3 is 2.35 bits per heavy atom. The van der Waals surface area contributed by atoms with E-state index in [1.54, 1.807) is 12.1 Å². The Hall–Kier alpha value is -3.11. The second kappa shape index (κ2) is 6.72. The summed E-state index contributed by atoms with van der Waals surface area (Å²) >= 11 is 0. The molecule has 0 amide bonds. The van der Waals surface area contributed by atoms with Crippen LogP contribution in [0.3, 0.4) is 0 Å². The van der Waals surface area contributed by atoms with E-state index >= 15 is 0 Å². The smallest absolute Gasteiger partial charge is 0.237 e. The number of hydrazone groups is 1. The van der Waals surface area contributed by atoms with Crippen LogP contribution in [0.4, 0.5) is 5.69 Å². The third kappa shape index (κ3) is 3.69. The Labute approximate surface area is 117 Å². The Morgan fingerprint density at radius 2 is 1.65 bits per heavy atom. The summed E-state index contributed by atoms with van der Waals surface area (Å²) in [5, 5.41) is 20.9. The molecule has 1 N–H and O–H groups in total. The molecule has 0 unspecified atom stereocenters. The molecule has 0 saturated carbocycles. The molecule has 0 bridgehead atoms. The van der Waals surface area contributed by atoms with Crippen LogP contribution in [0, 0.1) is 22.7 Å². The molecule has 0 aliphatic rings. The summed E-state index contributed by atoms with van der Waals surface area (Å²) in [6.45, 7) is 0. The first kappa shape index (κ1) is 13.3. The highest BCUT2D eigenvalue weighted by Crippen LogP contribution is 2.14. The van der Waals surface area contributed by atoms with Gasteiger partial charge in [0.25, 0.3) is 0 Å². The van der Waals surface area contributed by atoms with Gasteiger partial charge in [0, 0.05) is 0 Å². The second-order valence-corrected chi connectivity index (χ2v) is 4.16. The highest BCUT2D eigenvalue weighted by Gasteiger charge is 1.98. The number of nitrogens with one attached hydrogen (secondary N) is 1. The second-order valence-electron chi connectivity index (χ2n) is 4.16. The lowest BCUT2D eigenvalue weighted by atomic mass is 10.0. The van der Waals surface area contributed by atoms with Gasteiger partial charge in [-0.3, -0.25) is 5.43 Å². The summed E-state index contributed by atoms with van der Waals surface area (Å²) in [5.41, 5.74) is 5.63. The minimum Gasteiger partial charge on any atom is -0.277 e. The molecule has 0 aliphatic heterocycles. The quantitative estimate of drug-likeness (QED) is 0.678. The van der Waals surface area contributed by atoms with Gasteiger partial charge in [-0.05, 0) is 29.7 Å². The maximum absolute atomic E-state index is 8.61. The average Bonchev–Trinajstić information content (AvgIpc) is 2.50. The van der Waals surface area contributed by atoms with E-state index in [2.05, 4.69) is 22.7 Å². The minimum absolute atomic E-state index is 0.196. The summed E-state index contributed by atoms with van der Waals surface area (Å²) in [6, 6.07) is 21.3. The molecule has 0 aliphatic carbocycles. The van der Waals surface area contributed by atoms with Crippen LogP contribution in [0.25, 0.3) is 0 Å². The van der Waals surface area contributed by atoms with E-state index in [4.69, 9.17) is 10.5 Å². The maximum Gasteiger partial charge on any atom is 0.237 e. The van der Waals surface area contributed by atoms with E-state index in [1.807, 2.05) is 42.5 Å². The van der Waals surface area contributed by atoms with E-state index in [0.717, 1.165) is 17.7 Å². The molecule has 0 atom stereocenters. The van der Waals surface area contributed by atoms with Crippen LogP contribution in [-0.4, -0.2) is 5.71 Å². The van der Waals surface area contributed by atoms with Crippen molar-refractivity contribution in [1.82, 2.24) is 0 Å². The van der Waals surface area contributed by atoms with Gasteiger partial charge in [0.15, 0.2) is 0 Å². The number of nitrogens with zero attached hydrogens (tertiary/aromatic N) is 3. The molecule has 0 radical (unpaired) electrons. The van der Waals surface area contributed by atoms with Crippen molar-refractivity contribution in [2.75, 3.05) is 5.43 Å². The number of nitriles is 2. The highest BCUT2D eigenvalue weighted by atomic mass is 15.3. The Morgan fingerprint density at radius 1 is 0.950 bits per heavy atom. The van der Waals surface area contributed by atoms with Gasteiger partial charge in [0.05, 0.1) is 5.69 Å². The maximum atomic E-state index is 8.61. The van der Waals surface area contributed by atoms with Crippen LogP contribution in [0.15, 0.2) is 59.7 Å². The molecule has 96 valence electrons. The first-order chi connectivity index (χ1) is 9.81. The van der Waals surface area contributed by atoms with Crippen LogP contribution in [0.2, 0.25) is 0 Å². The van der Waals surface area contributed by atoms with Crippen molar-refractivity contribution < 1.29 is 0 Å². The van der Waals surface area contributed by atoms with Gasteiger partial charge in [-0.15, -0.1) is 0 Å². The molecule has 0 saturated heterocycles. The predicted octanol–water partition coefficient (Wildman–Crippen LogP) is 3.09. The lowest BCUT2D eigenvalue weighted by molar-refractivity contribution is 1.19. The van der Waals surface area contributed by atoms with Gasteiger partial charge >= 0.3 is 0 Å². The van der Waals surface area contributed by atoms with Crippen LogP contribution < -0.4 is 5.43 Å². The first-order valence-electron chi connectivity index (χ1n) is 6.08. The van der Waals surface area contributed by atoms with Gasteiger partial charge in [0.2, 0.25) is 5.71 Å². The zero-order valence-corrected chi connectivity index (χ0v) is 10.7. The van der Waals surface area contributed by atoms with E-state index in [1.165, 1.54) is 5.56 Å². The molecule has 20 heavy (non-hydrogen) atoms. The summed E-state index contributed by atoms with van der Waals surface area (Å²) in [6.07, 6.45) is 0.823. The number of benzene rings is 2. The molecular weight excluding hydrogens is 248 g/mol. The fourth-order valence-corrected chi connectivity index (χ4v) is 1.78. The lowest BCUT2D eigenvalue weighted by Crippen LogP contribution is -1.97. The number of hydrogen-bond donors (Lipinski definition) is 1. The van der Waals surface area contributed by atoms with E-state index < -0.39 is 0 Å². The highest BCUT2D eigenvalue weighted by molar-refractivity contribution is 6.10. The van der Waals surface area contributed by atoms with Crippen molar-refractivity contribution in [1.29, 1.82) is 10.5 Å². The lowest BCUT2D eigenvalue weighted by Gasteiger charge is -2.05. The average molecular weight is 260 g/mol. The summed E-state index contributed by atoms with van der Waals surface area (Å²) < 4.78 is 0. The monoisotopic (exact) mass is 260 g/mol. The summed E-state index contributed by atoms with van der Waals surface area (Å²) in [7, 11) is 0. The fraction of sp³-hybridized carbons (Fsp3) is 0.0625. The zero-order valence-electron chi connectivity index (χ0n) is 10.7. The standard InChI is InChI=1S/C16H12N4/c17-11-16(12-18)20-19-15-8-4-7-14(10-15)9-13-5-2-1-3-6-13/h1-8,10,19H,9H2. The van der Waals surface area contributed by atoms with Gasteiger partial charge in [-0.1, -0.05) is 42.5 Å². The molecule has 2 aromatic rings. The van der Waals surface area contributed by atoms with Crippen LogP contribution in [0.5, 0.6) is 0 Å². The SMILES string of the molecule is N#CC(C#N)=NNc1cccc(Cc2ccccc2)c1. The van der Waals surface area contributed by atoms with Crippen molar-refractivity contribution in [3.8, 4) is 12.1 Å². The van der Waals surface area contributed by atoms with Crippen molar-refractivity contribution in [3.63, 3.8) is 0 Å². The number of hydrogen-bond acceptors (Lipinski definition) is 4. The first-order valence-corrected chi connectivity index (χ1v) is 6.08. The van der Waals surface area contributed by atoms with Gasteiger partial charge in [0.1, 0.15) is 12.1 Å². The molecule has 0 aromatic heterocycles. The van der Waals surface area contributed by atoms with Crippen molar-refractivity contribution in [2.24, 2.45) is 5.10 Å². The predicted molar refractivity (Wildman–Crippen MR) is 78.0 cm³/mol. The van der Waals surface area contributed by atoms with Gasteiger partial charge < -0.3 is 0 Å². The molecular formula is C16H12N4. The van der Waals surface area contributed by atoms with Gasteiger partial charge in [-0.25, -0.2) is 0 Å². The number of anilines is 1. The third-order valence-corrected chi connectivity index (χ3v) is 2.69. The Bertz CT molecular complexity index is 674. The molecule has 4 nitrogen and oxygen atoms in total. The normalized spacial score (nSPS) is 9.10. The van der Waals surface area contributed by atoms with E-state index in [9.17, 15) is 0 Å². The fourth-order valence-electron chi connectivity index (χ4n) is 1.78. The van der Waals surface area contributed by atoms with Crippen LogP contribution in [0.1, 0.15) is 11.1 Å². The minimum atomic E-state index is -0.196. The Balaban J connectivity index is 2.11. The largest absolute Gasteiger partial charge is 0.277 e. The molecule has 0 fully saturated rings. The molecule has 2 rings (SSSR count). The van der Waals surface area contributed by atoms with Crippen LogP contribution in [-0.2, 0) is 6.42 Å². The van der Waals surface area contributed by atoms with Gasteiger partial charge in [-0.2, -0.15) is 15.6 Å². The zero-order chi connectivity index (χ0) is 14.2. The van der Waals surface area contributed by atoms with Crippen molar-refractivity contribution >= 4 is 11.4 Å². The van der Waals surface area contributed by atoms with E-state index in [0.29, 0.717) is 0 Å².